The molecule has 0 radical (unpaired) electrons. The molecule has 1 N–H and O–H groups in total. The largest absolute Gasteiger partial charge is 0.382 e. The highest BCUT2D eigenvalue weighted by atomic mass is 16.5. The maximum absolute atomic E-state index is 13.0. The fourth-order valence-corrected chi connectivity index (χ4v) is 5.03. The topological polar surface area (TPSA) is 64.6 Å². The minimum absolute atomic E-state index is 0.107. The minimum Gasteiger partial charge on any atom is -0.382 e. The number of unbranched alkanes of at least 4 members (excludes halogenated alkanes) is 19. The number of carbonyl (C=O) groups excluding carboxylic acids is 2. The first-order valence-corrected chi connectivity index (χ1v) is 16.5. The summed E-state index contributed by atoms with van der Waals surface area (Å²) in [5.74, 6) is -0.467. The van der Waals surface area contributed by atoms with Crippen LogP contribution in [0.25, 0.3) is 0 Å². The highest BCUT2D eigenvalue weighted by Crippen LogP contribution is 2.18. The van der Waals surface area contributed by atoms with Crippen LogP contribution < -0.4 is 5.32 Å². The van der Waals surface area contributed by atoms with Gasteiger partial charge in [-0.3, -0.25) is 9.59 Å². The van der Waals surface area contributed by atoms with E-state index in [-0.39, 0.29) is 11.7 Å². The zero-order valence-corrected chi connectivity index (χ0v) is 25.8. The van der Waals surface area contributed by atoms with E-state index in [1.807, 2.05) is 0 Å². The lowest BCUT2D eigenvalue weighted by Crippen LogP contribution is -2.37. The lowest BCUT2D eigenvalue weighted by molar-refractivity contribution is -0.134. The average Bonchev–Trinajstić information content (AvgIpc) is 2.92. The van der Waals surface area contributed by atoms with Crippen LogP contribution in [-0.4, -0.2) is 45.2 Å². The molecule has 0 aromatic carbocycles. The van der Waals surface area contributed by atoms with E-state index in [2.05, 4.69) is 19.2 Å². The van der Waals surface area contributed by atoms with Crippen LogP contribution in [0.1, 0.15) is 162 Å². The van der Waals surface area contributed by atoms with Gasteiger partial charge in [0, 0.05) is 20.1 Å². The molecule has 0 aromatic heterocycles. The van der Waals surface area contributed by atoms with Crippen molar-refractivity contribution in [2.24, 2.45) is 5.92 Å². The van der Waals surface area contributed by atoms with E-state index in [0.29, 0.717) is 39.2 Å². The number of carbonyl (C=O) groups is 2. The Morgan fingerprint density at radius 1 is 0.579 bits per heavy atom. The van der Waals surface area contributed by atoms with Gasteiger partial charge in [-0.05, 0) is 12.8 Å². The summed E-state index contributed by atoms with van der Waals surface area (Å²) in [4.78, 5) is 25.9. The van der Waals surface area contributed by atoms with E-state index in [4.69, 9.17) is 9.47 Å². The van der Waals surface area contributed by atoms with Crippen LogP contribution >= 0.6 is 0 Å². The molecule has 0 saturated heterocycles. The Labute approximate surface area is 237 Å². The van der Waals surface area contributed by atoms with E-state index in [1.165, 1.54) is 109 Å². The number of hydrogen-bond acceptors (Lipinski definition) is 4. The number of hydrogen-bond donors (Lipinski definition) is 1. The molecule has 38 heavy (non-hydrogen) atoms. The normalized spacial score (nSPS) is 12.1. The number of nitrogens with one attached hydrogen (secondary N) is 1. The first-order valence-electron chi connectivity index (χ1n) is 16.5. The molecular formula is C33H65NO4. The molecule has 0 rings (SSSR count). The number of rotatable bonds is 31. The van der Waals surface area contributed by atoms with Gasteiger partial charge in [-0.2, -0.15) is 0 Å². The molecule has 0 aliphatic heterocycles. The summed E-state index contributed by atoms with van der Waals surface area (Å²) in [5.41, 5.74) is 0. The van der Waals surface area contributed by atoms with Crippen molar-refractivity contribution in [2.45, 2.75) is 162 Å². The molecule has 0 bridgehead atoms. The highest BCUT2D eigenvalue weighted by Gasteiger charge is 2.25. The third kappa shape index (κ3) is 25.3. The Kier molecular flexibility index (Phi) is 29.8. The fraction of sp³-hybridized carbons (Fsp3) is 0.939. The molecule has 0 heterocycles. The van der Waals surface area contributed by atoms with E-state index in [9.17, 15) is 9.59 Å². The van der Waals surface area contributed by atoms with Crippen LogP contribution in [0.3, 0.4) is 0 Å². The molecule has 0 aromatic rings. The van der Waals surface area contributed by atoms with Crippen molar-refractivity contribution in [1.29, 1.82) is 0 Å². The van der Waals surface area contributed by atoms with E-state index in [0.717, 1.165) is 25.7 Å². The average molecular weight is 540 g/mol. The predicted molar refractivity (Wildman–Crippen MR) is 162 cm³/mol. The van der Waals surface area contributed by atoms with Gasteiger partial charge in [0.05, 0.1) is 25.7 Å². The third-order valence-electron chi connectivity index (χ3n) is 7.56. The standard InChI is InChI=1S/C33H65NO4/c1-4-6-8-10-12-14-16-18-20-22-24-26-32(35)31(33(36)34-27-28-38-30-29-37-3)25-23-21-19-17-15-13-11-9-7-5-2/h31H,4-30H2,1-3H3,(H,34,36). The van der Waals surface area contributed by atoms with Gasteiger partial charge in [-0.1, -0.05) is 142 Å². The van der Waals surface area contributed by atoms with Gasteiger partial charge in [0.2, 0.25) is 5.91 Å². The summed E-state index contributed by atoms with van der Waals surface area (Å²) in [5, 5.41) is 2.94. The molecule has 1 amide bonds. The summed E-state index contributed by atoms with van der Waals surface area (Å²) >= 11 is 0. The Morgan fingerprint density at radius 2 is 1.03 bits per heavy atom. The Hall–Kier alpha value is -0.940. The first kappa shape index (κ1) is 37.1. The second kappa shape index (κ2) is 30.6. The van der Waals surface area contributed by atoms with Crippen molar-refractivity contribution >= 4 is 11.7 Å². The number of ether oxygens (including phenoxy) is 2. The monoisotopic (exact) mass is 539 g/mol. The van der Waals surface area contributed by atoms with Crippen molar-refractivity contribution in [1.82, 2.24) is 5.32 Å². The van der Waals surface area contributed by atoms with E-state index >= 15 is 0 Å². The van der Waals surface area contributed by atoms with E-state index < -0.39 is 5.92 Å². The number of ketones is 1. The Morgan fingerprint density at radius 3 is 1.50 bits per heavy atom. The quantitative estimate of drug-likeness (QED) is 0.0705. The molecule has 0 saturated carbocycles. The Bertz CT molecular complexity index is 511. The minimum atomic E-state index is -0.494. The van der Waals surface area contributed by atoms with Crippen molar-refractivity contribution < 1.29 is 19.1 Å². The molecule has 0 fully saturated rings. The number of methoxy groups -OCH3 is 1. The van der Waals surface area contributed by atoms with Crippen molar-refractivity contribution in [2.75, 3.05) is 33.5 Å². The Balaban J connectivity index is 4.18. The molecule has 0 aliphatic rings. The van der Waals surface area contributed by atoms with Gasteiger partial charge >= 0.3 is 0 Å². The van der Waals surface area contributed by atoms with Gasteiger partial charge in [-0.25, -0.2) is 0 Å². The van der Waals surface area contributed by atoms with E-state index in [1.54, 1.807) is 7.11 Å². The maximum atomic E-state index is 13.0. The summed E-state index contributed by atoms with van der Waals surface area (Å²) < 4.78 is 10.4. The van der Waals surface area contributed by atoms with Gasteiger partial charge in [-0.15, -0.1) is 0 Å². The fourth-order valence-electron chi connectivity index (χ4n) is 5.03. The summed E-state index contributed by atoms with van der Waals surface area (Å²) in [7, 11) is 1.64. The van der Waals surface area contributed by atoms with Crippen molar-refractivity contribution in [3.63, 3.8) is 0 Å². The second-order valence-electron chi connectivity index (χ2n) is 11.2. The zero-order chi connectivity index (χ0) is 27.9. The van der Waals surface area contributed by atoms with Gasteiger partial charge in [0.1, 0.15) is 5.78 Å². The number of amides is 1. The second-order valence-corrected chi connectivity index (χ2v) is 11.2. The molecule has 226 valence electrons. The molecule has 0 aliphatic carbocycles. The zero-order valence-electron chi connectivity index (χ0n) is 25.8. The summed E-state index contributed by atoms with van der Waals surface area (Å²) in [6.45, 7) is 6.49. The SMILES string of the molecule is CCCCCCCCCCCCCC(=O)C(CCCCCCCCCCCC)C(=O)NCCOCCOC. The highest BCUT2D eigenvalue weighted by molar-refractivity contribution is 6.01. The molecular weight excluding hydrogens is 474 g/mol. The first-order chi connectivity index (χ1) is 18.7. The van der Waals surface area contributed by atoms with Crippen molar-refractivity contribution in [3.8, 4) is 0 Å². The lowest BCUT2D eigenvalue weighted by atomic mass is 9.92. The van der Waals surface area contributed by atoms with Crippen LogP contribution in [-0.2, 0) is 19.1 Å². The summed E-state index contributed by atoms with van der Waals surface area (Å²) in [6, 6.07) is 0. The van der Waals surface area contributed by atoms with Gasteiger partial charge in [0.15, 0.2) is 0 Å². The summed E-state index contributed by atoms with van der Waals surface area (Å²) in [6.07, 6.45) is 27.8. The molecule has 5 heteroatoms. The van der Waals surface area contributed by atoms with Crippen LogP contribution in [0.4, 0.5) is 0 Å². The van der Waals surface area contributed by atoms with Gasteiger partial charge < -0.3 is 14.8 Å². The maximum Gasteiger partial charge on any atom is 0.230 e. The molecule has 5 nitrogen and oxygen atoms in total. The van der Waals surface area contributed by atoms with Crippen LogP contribution in [0.5, 0.6) is 0 Å². The third-order valence-corrected chi connectivity index (χ3v) is 7.56. The smallest absolute Gasteiger partial charge is 0.230 e. The van der Waals surface area contributed by atoms with Crippen LogP contribution in [0, 0.1) is 5.92 Å². The number of Topliss-reactive ketones (excluding diaryl/α,β-unsaturated/α-hetero) is 1. The van der Waals surface area contributed by atoms with Crippen LogP contribution in [0.2, 0.25) is 0 Å². The molecule has 1 unspecified atom stereocenters. The molecule has 0 spiro atoms. The van der Waals surface area contributed by atoms with Crippen LogP contribution in [0.15, 0.2) is 0 Å². The predicted octanol–water partition coefficient (Wildman–Crippen LogP) is 8.96. The lowest BCUT2D eigenvalue weighted by Gasteiger charge is -2.16. The molecule has 1 atom stereocenters. The van der Waals surface area contributed by atoms with Crippen molar-refractivity contribution in [3.05, 3.63) is 0 Å². The van der Waals surface area contributed by atoms with Gasteiger partial charge in [0.25, 0.3) is 0 Å².